The Morgan fingerprint density at radius 2 is 1.80 bits per heavy atom. The summed E-state index contributed by atoms with van der Waals surface area (Å²) in [6, 6.07) is 0.857. The molecule has 4 heteroatoms. The van der Waals surface area contributed by atoms with Crippen LogP contribution >= 0.6 is 0 Å². The zero-order valence-corrected chi connectivity index (χ0v) is 13.4. The second-order valence-corrected chi connectivity index (χ2v) is 6.51. The van der Waals surface area contributed by atoms with E-state index in [1.807, 2.05) is 27.7 Å². The lowest BCUT2D eigenvalue weighted by atomic mass is 9.91. The van der Waals surface area contributed by atoms with Gasteiger partial charge in [0.25, 0.3) is 0 Å². The van der Waals surface area contributed by atoms with E-state index in [1.54, 1.807) is 0 Å². The van der Waals surface area contributed by atoms with E-state index in [1.165, 1.54) is 0 Å². The van der Waals surface area contributed by atoms with Gasteiger partial charge < -0.3 is 15.4 Å². The van der Waals surface area contributed by atoms with Gasteiger partial charge in [0, 0.05) is 12.1 Å². The zero-order valence-electron chi connectivity index (χ0n) is 13.4. The minimum absolute atomic E-state index is 0.262. The molecular weight excluding hydrogens is 252 g/mol. The molecule has 0 unspecified atom stereocenters. The second-order valence-electron chi connectivity index (χ2n) is 6.51. The normalized spacial score (nSPS) is 23.8. The van der Waals surface area contributed by atoms with E-state index in [2.05, 4.69) is 22.8 Å². The third-order valence-corrected chi connectivity index (χ3v) is 3.43. The predicted molar refractivity (Wildman–Crippen MR) is 82.8 cm³/mol. The van der Waals surface area contributed by atoms with E-state index in [9.17, 15) is 4.79 Å². The number of carbonyl (C=O) groups is 1. The van der Waals surface area contributed by atoms with Crippen molar-refractivity contribution in [3.05, 3.63) is 12.2 Å². The average Bonchev–Trinajstić information content (AvgIpc) is 2.34. The van der Waals surface area contributed by atoms with E-state index in [0.29, 0.717) is 6.04 Å². The molecule has 0 atom stereocenters. The summed E-state index contributed by atoms with van der Waals surface area (Å²) in [4.78, 5) is 11.7. The molecule has 0 spiro atoms. The fourth-order valence-corrected chi connectivity index (χ4v) is 2.45. The van der Waals surface area contributed by atoms with Crippen molar-refractivity contribution in [1.82, 2.24) is 10.6 Å². The Kier molecular flexibility index (Phi) is 7.06. The van der Waals surface area contributed by atoms with E-state index < -0.39 is 5.60 Å². The maximum Gasteiger partial charge on any atom is 0.407 e. The number of nitrogens with one attached hydrogen (secondary N) is 2. The molecule has 1 aliphatic carbocycles. The summed E-state index contributed by atoms with van der Waals surface area (Å²) in [7, 11) is 0. The minimum atomic E-state index is -0.421. The first-order valence-electron chi connectivity index (χ1n) is 7.75. The fraction of sp³-hybridized carbons (Fsp3) is 0.812. The molecule has 0 aromatic carbocycles. The van der Waals surface area contributed by atoms with Gasteiger partial charge in [0.05, 0.1) is 0 Å². The molecule has 1 saturated carbocycles. The Labute approximate surface area is 123 Å². The van der Waals surface area contributed by atoms with Gasteiger partial charge in [-0.2, -0.15) is 0 Å². The third kappa shape index (κ3) is 7.53. The molecule has 1 aliphatic rings. The first-order chi connectivity index (χ1) is 9.40. The SMILES string of the molecule is C/C=C/CCNC1CCC(NC(=O)OC(C)(C)C)CC1. The standard InChI is InChI=1S/C16H30N2O2/c1-5-6-7-12-17-13-8-10-14(11-9-13)18-15(19)20-16(2,3)4/h5-6,13-14,17H,7-12H2,1-4H3,(H,18,19)/b6-5+. The molecule has 0 aliphatic heterocycles. The van der Waals surface area contributed by atoms with Crippen molar-refractivity contribution in [2.45, 2.75) is 77.5 Å². The number of ether oxygens (including phenoxy) is 1. The number of amides is 1. The Morgan fingerprint density at radius 3 is 2.35 bits per heavy atom. The Balaban J connectivity index is 2.17. The first-order valence-corrected chi connectivity index (χ1v) is 7.75. The lowest BCUT2D eigenvalue weighted by Crippen LogP contribution is -2.44. The smallest absolute Gasteiger partial charge is 0.407 e. The van der Waals surface area contributed by atoms with Crippen molar-refractivity contribution >= 4 is 6.09 Å². The Hall–Kier alpha value is -1.03. The van der Waals surface area contributed by atoms with Crippen LogP contribution < -0.4 is 10.6 Å². The lowest BCUT2D eigenvalue weighted by molar-refractivity contribution is 0.0490. The molecule has 0 heterocycles. The molecule has 4 nitrogen and oxygen atoms in total. The summed E-state index contributed by atoms with van der Waals surface area (Å²) < 4.78 is 5.29. The van der Waals surface area contributed by atoms with Crippen LogP contribution in [0.15, 0.2) is 12.2 Å². The molecule has 0 bridgehead atoms. The lowest BCUT2D eigenvalue weighted by Gasteiger charge is -2.30. The molecule has 20 heavy (non-hydrogen) atoms. The predicted octanol–water partition coefficient (Wildman–Crippen LogP) is 3.38. The zero-order chi connectivity index (χ0) is 15.0. The summed E-state index contributed by atoms with van der Waals surface area (Å²) in [5, 5.41) is 6.55. The van der Waals surface area contributed by atoms with Crippen molar-refractivity contribution in [1.29, 1.82) is 0 Å². The van der Waals surface area contributed by atoms with Crippen LogP contribution in [0.5, 0.6) is 0 Å². The highest BCUT2D eigenvalue weighted by Crippen LogP contribution is 2.19. The summed E-state index contributed by atoms with van der Waals surface area (Å²) >= 11 is 0. The molecule has 0 saturated heterocycles. The van der Waals surface area contributed by atoms with Gasteiger partial charge in [-0.25, -0.2) is 4.79 Å². The van der Waals surface area contributed by atoms with Gasteiger partial charge in [0.15, 0.2) is 0 Å². The average molecular weight is 282 g/mol. The fourth-order valence-electron chi connectivity index (χ4n) is 2.45. The summed E-state index contributed by atoms with van der Waals surface area (Å²) in [6.07, 6.45) is 9.37. The van der Waals surface area contributed by atoms with Crippen molar-refractivity contribution in [3.8, 4) is 0 Å². The van der Waals surface area contributed by atoms with E-state index in [0.717, 1.165) is 38.6 Å². The third-order valence-electron chi connectivity index (χ3n) is 3.43. The number of rotatable bonds is 5. The summed E-state index contributed by atoms with van der Waals surface area (Å²) in [5.41, 5.74) is -0.421. The quantitative estimate of drug-likeness (QED) is 0.600. The van der Waals surface area contributed by atoms with Crippen LogP contribution in [0.2, 0.25) is 0 Å². The van der Waals surface area contributed by atoms with Gasteiger partial charge >= 0.3 is 6.09 Å². The monoisotopic (exact) mass is 282 g/mol. The Morgan fingerprint density at radius 1 is 1.20 bits per heavy atom. The van der Waals surface area contributed by atoms with Crippen molar-refractivity contribution in [3.63, 3.8) is 0 Å². The molecule has 1 rings (SSSR count). The molecular formula is C16H30N2O2. The molecule has 0 aromatic rings. The van der Waals surface area contributed by atoms with E-state index in [-0.39, 0.29) is 12.1 Å². The van der Waals surface area contributed by atoms with Crippen LogP contribution in [0.4, 0.5) is 4.79 Å². The van der Waals surface area contributed by atoms with Crippen LogP contribution in [0.1, 0.15) is 59.8 Å². The molecule has 2 N–H and O–H groups in total. The summed E-state index contributed by atoms with van der Waals surface area (Å²) in [6.45, 7) is 8.75. The van der Waals surface area contributed by atoms with Crippen LogP contribution in [0.3, 0.4) is 0 Å². The Bertz CT molecular complexity index is 313. The van der Waals surface area contributed by atoms with Crippen molar-refractivity contribution in [2.75, 3.05) is 6.54 Å². The maximum atomic E-state index is 11.7. The van der Waals surface area contributed by atoms with Crippen LogP contribution in [-0.4, -0.2) is 30.3 Å². The highest BCUT2D eigenvalue weighted by Gasteiger charge is 2.24. The van der Waals surface area contributed by atoms with Gasteiger partial charge in [-0.3, -0.25) is 0 Å². The van der Waals surface area contributed by atoms with Gasteiger partial charge in [-0.05, 0) is 66.3 Å². The van der Waals surface area contributed by atoms with Gasteiger partial charge in [0.2, 0.25) is 0 Å². The number of hydrogen-bond acceptors (Lipinski definition) is 3. The topological polar surface area (TPSA) is 50.4 Å². The number of carbonyl (C=O) groups excluding carboxylic acids is 1. The summed E-state index contributed by atoms with van der Waals surface area (Å²) in [5.74, 6) is 0. The van der Waals surface area contributed by atoms with Crippen molar-refractivity contribution < 1.29 is 9.53 Å². The highest BCUT2D eigenvalue weighted by atomic mass is 16.6. The van der Waals surface area contributed by atoms with Gasteiger partial charge in [-0.15, -0.1) is 0 Å². The first kappa shape index (κ1) is 17.0. The van der Waals surface area contributed by atoms with E-state index >= 15 is 0 Å². The molecule has 0 radical (unpaired) electrons. The minimum Gasteiger partial charge on any atom is -0.444 e. The molecule has 1 amide bonds. The number of alkyl carbamates (subject to hydrolysis) is 1. The highest BCUT2D eigenvalue weighted by molar-refractivity contribution is 5.68. The second kappa shape index (κ2) is 8.30. The van der Waals surface area contributed by atoms with E-state index in [4.69, 9.17) is 4.74 Å². The van der Waals surface area contributed by atoms with Crippen LogP contribution in [-0.2, 0) is 4.74 Å². The van der Waals surface area contributed by atoms with Crippen LogP contribution in [0, 0.1) is 0 Å². The molecule has 1 fully saturated rings. The molecule has 0 aromatic heterocycles. The van der Waals surface area contributed by atoms with Crippen molar-refractivity contribution in [2.24, 2.45) is 0 Å². The number of allylic oxidation sites excluding steroid dienone is 1. The molecule has 116 valence electrons. The maximum absolute atomic E-state index is 11.7. The van der Waals surface area contributed by atoms with Gasteiger partial charge in [0.1, 0.15) is 5.60 Å². The van der Waals surface area contributed by atoms with Crippen LogP contribution in [0.25, 0.3) is 0 Å². The number of hydrogen-bond donors (Lipinski definition) is 2. The largest absolute Gasteiger partial charge is 0.444 e. The van der Waals surface area contributed by atoms with Gasteiger partial charge in [-0.1, -0.05) is 12.2 Å².